The van der Waals surface area contributed by atoms with Gasteiger partial charge in [0.15, 0.2) is 0 Å². The number of benzene rings is 3. The summed E-state index contributed by atoms with van der Waals surface area (Å²) in [6.45, 7) is 9.00. The number of methoxy groups -OCH3 is 2. The first kappa shape index (κ1) is 37.2. The van der Waals surface area contributed by atoms with E-state index in [1.54, 1.807) is 14.2 Å². The second-order valence-electron chi connectivity index (χ2n) is 17.0. The van der Waals surface area contributed by atoms with E-state index in [1.165, 1.54) is 25.7 Å². The second-order valence-corrected chi connectivity index (χ2v) is 17.0. The Hall–Kier alpha value is -5.06. The minimum Gasteiger partial charge on any atom is -0.497 e. The third kappa shape index (κ3) is 6.58. The van der Waals surface area contributed by atoms with Gasteiger partial charge in [-0.3, -0.25) is 19.8 Å². The summed E-state index contributed by atoms with van der Waals surface area (Å²) in [4.78, 5) is 14.8. The van der Waals surface area contributed by atoms with Crippen LogP contribution in [0, 0.1) is 23.7 Å². The van der Waals surface area contributed by atoms with Crippen molar-refractivity contribution in [2.24, 2.45) is 23.7 Å². The zero-order valence-electron chi connectivity index (χ0n) is 34.1. The van der Waals surface area contributed by atoms with Crippen LogP contribution in [0.25, 0.3) is 32.6 Å². The van der Waals surface area contributed by atoms with Crippen molar-refractivity contribution in [3.63, 3.8) is 0 Å². The van der Waals surface area contributed by atoms with Crippen LogP contribution >= 0.6 is 0 Å². The van der Waals surface area contributed by atoms with Crippen LogP contribution in [0.5, 0.6) is 23.3 Å². The van der Waals surface area contributed by atoms with E-state index in [0.29, 0.717) is 35.4 Å². The lowest BCUT2D eigenvalue weighted by atomic mass is 9.72. The zero-order chi connectivity index (χ0) is 39.3. The van der Waals surface area contributed by atoms with Gasteiger partial charge in [0.1, 0.15) is 23.7 Å². The fourth-order valence-electron chi connectivity index (χ4n) is 11.1. The third-order valence-corrected chi connectivity index (χ3v) is 14.3. The summed E-state index contributed by atoms with van der Waals surface area (Å²) in [6.07, 6.45) is 10.2. The summed E-state index contributed by atoms with van der Waals surface area (Å²) in [5.74, 6) is 5.39. The van der Waals surface area contributed by atoms with Crippen LogP contribution in [-0.4, -0.2) is 82.4 Å². The second kappa shape index (κ2) is 15.6. The van der Waals surface area contributed by atoms with E-state index in [-0.39, 0.29) is 24.3 Å². The zero-order valence-corrected chi connectivity index (χ0v) is 34.1. The molecule has 0 saturated carbocycles. The first-order chi connectivity index (χ1) is 28.5. The molecule has 2 unspecified atom stereocenters. The standard InChI is InChI=1S/C48H54N6O4/c1-5-29-27-53-21-17-31(29)23-43(53)45(35-15-19-49-41-13-11-33(55-3)25-39(35)41)57-47-37-9-7-8-10-38(37)48(52-51-47)58-46(44-24-32-18-22-54(44)28-30(32)6-2)36-16-20-50-42-14-12-34(56-4)26-40(36)42/h7-16,19-20,25-26,29-32,43-46H,5-6,17-18,21-24,27-28H2,1-4H3/t29-,30+,31-,32-,43+,44+,45-,46-/m0/s1. The first-order valence-electron chi connectivity index (χ1n) is 21.5. The van der Waals surface area contributed by atoms with Crippen molar-refractivity contribution in [2.45, 2.75) is 76.7 Å². The number of aromatic nitrogens is 4. The van der Waals surface area contributed by atoms with E-state index >= 15 is 0 Å². The van der Waals surface area contributed by atoms with E-state index in [0.717, 1.165) is 94.2 Å². The van der Waals surface area contributed by atoms with Gasteiger partial charge in [-0.05, 0) is 123 Å². The molecular weight excluding hydrogens is 725 g/mol. The fraction of sp³-hybridized carbons (Fsp3) is 0.458. The Bertz CT molecular complexity index is 2280. The Morgan fingerprint density at radius 3 is 1.47 bits per heavy atom. The van der Waals surface area contributed by atoms with Gasteiger partial charge in [0.2, 0.25) is 11.8 Å². The number of rotatable bonds is 12. The van der Waals surface area contributed by atoms with Crippen LogP contribution in [0.3, 0.4) is 0 Å². The molecule has 6 fully saturated rings. The van der Waals surface area contributed by atoms with Gasteiger partial charge in [-0.2, -0.15) is 0 Å². The highest BCUT2D eigenvalue weighted by molar-refractivity contribution is 5.91. The number of hydrogen-bond acceptors (Lipinski definition) is 10. The average Bonchev–Trinajstić information content (AvgIpc) is 3.29. The quantitative estimate of drug-likeness (QED) is 0.120. The van der Waals surface area contributed by atoms with Crippen LogP contribution in [0.4, 0.5) is 0 Å². The Balaban J connectivity index is 1.06. The Labute approximate surface area is 340 Å². The van der Waals surface area contributed by atoms with Gasteiger partial charge in [-0.1, -0.05) is 38.8 Å². The van der Waals surface area contributed by atoms with Crippen molar-refractivity contribution in [3.8, 4) is 23.3 Å². The highest BCUT2D eigenvalue weighted by Gasteiger charge is 2.46. The molecule has 6 aliphatic rings. The van der Waals surface area contributed by atoms with Crippen molar-refractivity contribution >= 4 is 32.6 Å². The van der Waals surface area contributed by atoms with E-state index in [2.05, 4.69) is 72.2 Å². The van der Waals surface area contributed by atoms with Crippen LogP contribution < -0.4 is 18.9 Å². The molecule has 0 N–H and O–H groups in total. The van der Waals surface area contributed by atoms with Gasteiger partial charge >= 0.3 is 0 Å². The lowest BCUT2D eigenvalue weighted by Crippen LogP contribution is -2.56. The molecule has 0 spiro atoms. The summed E-state index contributed by atoms with van der Waals surface area (Å²) < 4.78 is 26.0. The van der Waals surface area contributed by atoms with Crippen molar-refractivity contribution in [3.05, 3.63) is 96.3 Å². The van der Waals surface area contributed by atoms with Crippen molar-refractivity contribution in [2.75, 3.05) is 40.4 Å². The molecule has 10 atom stereocenters. The molecule has 10 heteroatoms. The molecule has 58 heavy (non-hydrogen) atoms. The van der Waals surface area contributed by atoms with Crippen LogP contribution in [0.1, 0.15) is 75.7 Å². The van der Waals surface area contributed by atoms with E-state index < -0.39 is 0 Å². The van der Waals surface area contributed by atoms with E-state index in [4.69, 9.17) is 39.1 Å². The molecule has 0 amide bonds. The summed E-state index contributed by atoms with van der Waals surface area (Å²) in [7, 11) is 3.42. The molecule has 0 aliphatic carbocycles. The maximum absolute atomic E-state index is 7.30. The van der Waals surface area contributed by atoms with Gasteiger partial charge in [0.05, 0.1) is 48.1 Å². The third-order valence-electron chi connectivity index (χ3n) is 14.3. The lowest BCUT2D eigenvalue weighted by molar-refractivity contribution is -0.0505. The Kier molecular flexibility index (Phi) is 10.0. The van der Waals surface area contributed by atoms with Gasteiger partial charge in [0.25, 0.3) is 0 Å². The van der Waals surface area contributed by atoms with Gasteiger partial charge in [-0.25, -0.2) is 0 Å². The number of hydrogen-bond donors (Lipinski definition) is 0. The largest absolute Gasteiger partial charge is 0.497 e. The molecule has 6 aliphatic heterocycles. The predicted molar refractivity (Wildman–Crippen MR) is 227 cm³/mol. The lowest BCUT2D eigenvalue weighted by Gasteiger charge is -2.52. The van der Waals surface area contributed by atoms with Crippen molar-refractivity contribution in [1.82, 2.24) is 30.0 Å². The summed E-state index contributed by atoms with van der Waals surface area (Å²) in [5, 5.41) is 13.7. The van der Waals surface area contributed by atoms with Crippen molar-refractivity contribution in [1.29, 1.82) is 0 Å². The smallest absolute Gasteiger partial charge is 0.242 e. The molecule has 6 aromatic rings. The maximum atomic E-state index is 7.30. The van der Waals surface area contributed by atoms with Gasteiger partial charge in [-0.15, -0.1) is 10.2 Å². The minimum atomic E-state index is -0.300. The first-order valence-corrected chi connectivity index (χ1v) is 21.5. The molecule has 4 bridgehead atoms. The number of piperidine rings is 6. The Morgan fingerprint density at radius 2 is 1.07 bits per heavy atom. The molecule has 12 rings (SSSR count). The fourth-order valence-corrected chi connectivity index (χ4v) is 11.1. The van der Waals surface area contributed by atoms with Crippen molar-refractivity contribution < 1.29 is 18.9 Å². The number of ether oxygens (including phenoxy) is 4. The molecule has 0 radical (unpaired) electrons. The minimum absolute atomic E-state index is 0.180. The number of fused-ring (bicyclic) bond motifs is 9. The van der Waals surface area contributed by atoms with E-state index in [1.807, 2.05) is 36.7 Å². The highest BCUT2D eigenvalue weighted by atomic mass is 16.5. The number of nitrogens with zero attached hydrogens (tertiary/aromatic N) is 6. The molecule has 300 valence electrons. The molecule has 3 aromatic heterocycles. The molecule has 6 saturated heterocycles. The SMILES string of the molecule is CC[C@@H]1CN2CC[C@H]1C[C@@H]2[C@@H](Oc1nnc(O[C@@H](c2ccnc3ccc(OC)cc23)[C@H]2C[C@@H]3CCN2C[C@@H]3CC)c2ccccc12)c1ccnc2ccc(OC)cc12. The monoisotopic (exact) mass is 778 g/mol. The average molecular weight is 779 g/mol. The molecule has 10 nitrogen and oxygen atoms in total. The normalized spacial score (nSPS) is 27.4. The summed E-state index contributed by atoms with van der Waals surface area (Å²) >= 11 is 0. The Morgan fingerprint density at radius 1 is 0.603 bits per heavy atom. The molecular formula is C48H54N6O4. The van der Waals surface area contributed by atoms with Crippen LogP contribution in [0.15, 0.2) is 85.2 Å². The topological polar surface area (TPSA) is 95.0 Å². The summed E-state index contributed by atoms with van der Waals surface area (Å²) in [6, 6.07) is 25.1. The van der Waals surface area contributed by atoms with Crippen LogP contribution in [0.2, 0.25) is 0 Å². The molecule has 3 aromatic carbocycles. The van der Waals surface area contributed by atoms with Gasteiger partial charge in [0, 0.05) is 47.4 Å². The van der Waals surface area contributed by atoms with Crippen LogP contribution in [-0.2, 0) is 0 Å². The maximum Gasteiger partial charge on any atom is 0.242 e. The highest BCUT2D eigenvalue weighted by Crippen LogP contribution is 2.47. The van der Waals surface area contributed by atoms with E-state index in [9.17, 15) is 0 Å². The number of pyridine rings is 2. The molecule has 9 heterocycles. The summed E-state index contributed by atoms with van der Waals surface area (Å²) in [5.41, 5.74) is 4.01. The predicted octanol–water partition coefficient (Wildman–Crippen LogP) is 9.22. The van der Waals surface area contributed by atoms with Gasteiger partial charge < -0.3 is 18.9 Å².